The van der Waals surface area contributed by atoms with Gasteiger partial charge in [0.25, 0.3) is 8.32 Å². The maximum Gasteiger partial charge on any atom is 0.333 e. The molecule has 1 aliphatic heterocycles. The molecule has 41 heavy (non-hydrogen) atoms. The molecule has 3 N–H and O–H groups in total. The van der Waals surface area contributed by atoms with E-state index in [0.29, 0.717) is 22.8 Å². The zero-order valence-corrected chi connectivity index (χ0v) is 28.6. The Hall–Kier alpha value is -1.94. The highest BCUT2D eigenvalue weighted by molar-refractivity contribution is 6.75. The van der Waals surface area contributed by atoms with Crippen LogP contribution in [0.1, 0.15) is 47.1 Å². The van der Waals surface area contributed by atoms with Gasteiger partial charge in [0.15, 0.2) is 25.6 Å². The van der Waals surface area contributed by atoms with Crippen LogP contribution in [-0.4, -0.2) is 89.5 Å². The maximum absolute atomic E-state index is 12.7. The lowest BCUT2D eigenvalue weighted by atomic mass is 9.99. The van der Waals surface area contributed by atoms with Crippen molar-refractivity contribution < 1.29 is 47.9 Å². The van der Waals surface area contributed by atoms with E-state index in [4.69, 9.17) is 27.8 Å². The summed E-state index contributed by atoms with van der Waals surface area (Å²) in [5, 5.41) is 31.2. The lowest BCUT2D eigenvalue weighted by molar-refractivity contribution is -0.290. The third-order valence-electron chi connectivity index (χ3n) is 8.37. The summed E-state index contributed by atoms with van der Waals surface area (Å²) in [5.41, 5.74) is 0.583. The zero-order chi connectivity index (χ0) is 31.6. The predicted octanol–water partition coefficient (Wildman–Crippen LogP) is 4.47. The molecule has 1 aromatic carbocycles. The van der Waals surface area contributed by atoms with Gasteiger partial charge in [0.2, 0.25) is 6.29 Å². The lowest BCUT2D eigenvalue weighted by Gasteiger charge is -2.42. The quantitative estimate of drug-likeness (QED) is 0.197. The second-order valence-corrected chi connectivity index (χ2v) is 23.0. The summed E-state index contributed by atoms with van der Waals surface area (Å²) >= 11 is 0. The highest BCUT2D eigenvalue weighted by Gasteiger charge is 2.47. The van der Waals surface area contributed by atoms with Gasteiger partial charge in [0, 0.05) is 6.08 Å². The monoisotopic (exact) mass is 614 g/mol. The number of carbonyl (C=O) groups is 1. The van der Waals surface area contributed by atoms with Crippen LogP contribution >= 0.6 is 0 Å². The van der Waals surface area contributed by atoms with Crippen molar-refractivity contribution in [3.63, 3.8) is 0 Å². The average Bonchev–Trinajstić information content (AvgIpc) is 2.85. The van der Waals surface area contributed by atoms with Crippen molar-refractivity contribution >= 4 is 28.7 Å². The molecular formula is C29H50O10Si2. The summed E-state index contributed by atoms with van der Waals surface area (Å²) in [6.07, 6.45) is -4.46. The second kappa shape index (κ2) is 13.1. The highest BCUT2D eigenvalue weighted by Crippen LogP contribution is 2.45. The Morgan fingerprint density at radius 2 is 1.39 bits per heavy atom. The van der Waals surface area contributed by atoms with E-state index in [1.807, 2.05) is 13.1 Å². The summed E-state index contributed by atoms with van der Waals surface area (Å²) in [6, 6.07) is 3.43. The van der Waals surface area contributed by atoms with Crippen molar-refractivity contribution in [2.45, 2.75) is 109 Å². The van der Waals surface area contributed by atoms with Gasteiger partial charge < -0.3 is 43.1 Å². The first kappa shape index (κ1) is 35.3. The minimum Gasteiger partial charge on any atom is -0.539 e. The molecule has 234 valence electrons. The number of carbonyl (C=O) groups excluding carboxylic acids is 1. The van der Waals surface area contributed by atoms with Gasteiger partial charge in [-0.25, -0.2) is 4.79 Å². The van der Waals surface area contributed by atoms with Crippen LogP contribution in [0.25, 0.3) is 6.08 Å². The van der Waals surface area contributed by atoms with Crippen LogP contribution in [-0.2, 0) is 18.7 Å². The van der Waals surface area contributed by atoms with Crippen molar-refractivity contribution in [3.05, 3.63) is 23.8 Å². The fourth-order valence-electron chi connectivity index (χ4n) is 3.48. The van der Waals surface area contributed by atoms with Crippen LogP contribution in [0.4, 0.5) is 0 Å². The van der Waals surface area contributed by atoms with Gasteiger partial charge in [-0.1, -0.05) is 41.5 Å². The normalized spacial score (nSPS) is 24.3. The van der Waals surface area contributed by atoms with Gasteiger partial charge in [0.05, 0.1) is 20.8 Å². The van der Waals surface area contributed by atoms with Gasteiger partial charge >= 0.3 is 5.97 Å². The number of benzene rings is 1. The molecular weight excluding hydrogens is 564 g/mol. The molecule has 0 radical (unpaired) electrons. The minimum absolute atomic E-state index is 0.0196. The van der Waals surface area contributed by atoms with Crippen LogP contribution in [0.2, 0.25) is 36.3 Å². The van der Waals surface area contributed by atoms with E-state index in [9.17, 15) is 20.1 Å². The Labute approximate surface area is 246 Å². The van der Waals surface area contributed by atoms with Crippen LogP contribution < -0.4 is 13.9 Å². The van der Waals surface area contributed by atoms with Crippen molar-refractivity contribution in [1.82, 2.24) is 0 Å². The van der Waals surface area contributed by atoms with E-state index in [-0.39, 0.29) is 16.7 Å². The molecule has 10 nitrogen and oxygen atoms in total. The Kier molecular flexibility index (Phi) is 11.3. The van der Waals surface area contributed by atoms with Crippen LogP contribution in [0, 0.1) is 0 Å². The van der Waals surface area contributed by atoms with Crippen molar-refractivity contribution in [1.29, 1.82) is 0 Å². The summed E-state index contributed by atoms with van der Waals surface area (Å²) in [7, 11) is -1.33. The van der Waals surface area contributed by atoms with Gasteiger partial charge in [-0.2, -0.15) is 0 Å². The summed E-state index contributed by atoms with van der Waals surface area (Å²) in [5.74, 6) is 0.588. The fraction of sp³-hybridized carbons (Fsp3) is 0.690. The SMILES string of the molecule is COc1cc(/C=C/C(=O)OC2OC(CO[Si](C)(C)C(C)(C)C)C(O)C(O)C2O)cc(OC)c1O[Si](C)(C)C(C)(C)C. The molecule has 0 saturated carbocycles. The van der Waals surface area contributed by atoms with E-state index in [1.165, 1.54) is 20.3 Å². The molecule has 0 bridgehead atoms. The van der Waals surface area contributed by atoms with Gasteiger partial charge in [-0.3, -0.25) is 0 Å². The Morgan fingerprint density at radius 1 is 0.878 bits per heavy atom. The first-order chi connectivity index (χ1) is 18.6. The number of rotatable bonds is 10. The van der Waals surface area contributed by atoms with E-state index < -0.39 is 53.3 Å². The average molecular weight is 615 g/mol. The minimum atomic E-state index is -2.20. The van der Waals surface area contributed by atoms with Crippen LogP contribution in [0.5, 0.6) is 17.2 Å². The number of hydrogen-bond donors (Lipinski definition) is 3. The molecule has 5 unspecified atom stereocenters. The zero-order valence-electron chi connectivity index (χ0n) is 26.6. The molecule has 1 saturated heterocycles. The summed E-state index contributed by atoms with van der Waals surface area (Å²) in [6.45, 7) is 21.0. The Morgan fingerprint density at radius 3 is 1.85 bits per heavy atom. The summed E-state index contributed by atoms with van der Waals surface area (Å²) < 4.78 is 34.8. The number of methoxy groups -OCH3 is 2. The highest BCUT2D eigenvalue weighted by atomic mass is 28.4. The fourth-order valence-corrected chi connectivity index (χ4v) is 5.51. The number of esters is 1. The van der Waals surface area contributed by atoms with Gasteiger partial charge in [-0.05, 0) is 60.0 Å². The Balaban J connectivity index is 2.19. The molecule has 0 amide bonds. The van der Waals surface area contributed by atoms with Gasteiger partial charge in [0.1, 0.15) is 24.4 Å². The number of ether oxygens (including phenoxy) is 4. The lowest BCUT2D eigenvalue weighted by Crippen LogP contribution is -2.60. The molecule has 0 aromatic heterocycles. The number of aliphatic hydroxyl groups is 3. The van der Waals surface area contributed by atoms with E-state index in [2.05, 4.69) is 54.6 Å². The Bertz CT molecular complexity index is 1050. The smallest absolute Gasteiger partial charge is 0.333 e. The standard InChI is InChI=1S/C29H50O10Si2/c1-28(2,3)40(9,10)36-17-21-23(31)24(32)25(33)27(37-21)38-22(30)14-13-18-15-19(34-7)26(20(16-18)35-8)39-41(11,12)29(4,5)6/h13-16,21,23-25,27,31-33H,17H2,1-12H3/b14-13+. The first-order valence-corrected chi connectivity index (χ1v) is 19.6. The predicted molar refractivity (Wildman–Crippen MR) is 162 cm³/mol. The van der Waals surface area contributed by atoms with E-state index >= 15 is 0 Å². The topological polar surface area (TPSA) is 133 Å². The molecule has 2 rings (SSSR count). The molecule has 0 aliphatic carbocycles. The summed E-state index contributed by atoms with van der Waals surface area (Å²) in [4.78, 5) is 12.7. The first-order valence-electron chi connectivity index (χ1n) is 13.8. The van der Waals surface area contributed by atoms with Crippen molar-refractivity contribution in [2.75, 3.05) is 20.8 Å². The number of hydrogen-bond acceptors (Lipinski definition) is 10. The van der Waals surface area contributed by atoms with Crippen LogP contribution in [0.15, 0.2) is 18.2 Å². The molecule has 1 heterocycles. The van der Waals surface area contributed by atoms with E-state index in [0.717, 1.165) is 6.08 Å². The van der Waals surface area contributed by atoms with Crippen LogP contribution in [0.3, 0.4) is 0 Å². The molecule has 1 aromatic rings. The van der Waals surface area contributed by atoms with Gasteiger partial charge in [-0.15, -0.1) is 0 Å². The molecule has 0 spiro atoms. The van der Waals surface area contributed by atoms with Crippen molar-refractivity contribution in [3.8, 4) is 17.2 Å². The third-order valence-corrected chi connectivity index (χ3v) is 17.2. The van der Waals surface area contributed by atoms with Crippen molar-refractivity contribution in [2.24, 2.45) is 0 Å². The molecule has 12 heteroatoms. The molecule has 1 fully saturated rings. The second-order valence-electron chi connectivity index (χ2n) is 13.5. The molecule has 5 atom stereocenters. The molecule has 1 aliphatic rings. The maximum atomic E-state index is 12.7. The number of aliphatic hydroxyl groups excluding tert-OH is 3. The van der Waals surface area contributed by atoms with E-state index in [1.54, 1.807) is 12.1 Å². The largest absolute Gasteiger partial charge is 0.539 e. The third kappa shape index (κ3) is 8.56.